The van der Waals surface area contributed by atoms with Crippen molar-refractivity contribution < 1.29 is 0 Å². The molecule has 1 aliphatic rings. The normalized spacial score (nSPS) is 26.8. The first-order valence-electron chi connectivity index (χ1n) is 2.90. The Bertz CT molecular complexity index is 133. The van der Waals surface area contributed by atoms with Crippen molar-refractivity contribution in [3.05, 3.63) is 23.9 Å². The number of hydrogen-bond acceptors (Lipinski definition) is 1. The van der Waals surface area contributed by atoms with Gasteiger partial charge in [-0.1, -0.05) is 11.6 Å². The summed E-state index contributed by atoms with van der Waals surface area (Å²) in [4.78, 5) is 0. The average Bonchev–Trinajstić information content (AvgIpc) is 1.64. The molecule has 0 aromatic rings. The van der Waals surface area contributed by atoms with Gasteiger partial charge in [-0.3, -0.25) is 0 Å². The highest BCUT2D eigenvalue weighted by molar-refractivity contribution is 5.21. The standard InChI is InChI=1S/C7H11N/c1-6-3-4-8-7(2)5-6/h3-5,7-8H,1-2H3/t7-/m0/s1. The molecule has 0 saturated heterocycles. The predicted octanol–water partition coefficient (Wildman–Crippen LogP) is 1.44. The lowest BCUT2D eigenvalue weighted by Crippen LogP contribution is -2.20. The molecule has 1 rings (SSSR count). The summed E-state index contributed by atoms with van der Waals surface area (Å²) in [6.45, 7) is 4.24. The maximum atomic E-state index is 3.16. The second kappa shape index (κ2) is 2.03. The fourth-order valence-electron chi connectivity index (χ4n) is 0.829. The topological polar surface area (TPSA) is 12.0 Å². The van der Waals surface area contributed by atoms with E-state index in [0.29, 0.717) is 6.04 Å². The molecule has 1 heteroatoms. The molecule has 0 saturated carbocycles. The van der Waals surface area contributed by atoms with Gasteiger partial charge in [-0.2, -0.15) is 0 Å². The smallest absolute Gasteiger partial charge is 0.0416 e. The molecule has 1 aliphatic heterocycles. The average molecular weight is 109 g/mol. The van der Waals surface area contributed by atoms with Crippen molar-refractivity contribution in [2.45, 2.75) is 19.9 Å². The van der Waals surface area contributed by atoms with E-state index in [9.17, 15) is 0 Å². The van der Waals surface area contributed by atoms with Gasteiger partial charge in [0.2, 0.25) is 0 Å². The van der Waals surface area contributed by atoms with Crippen LogP contribution in [0.4, 0.5) is 0 Å². The largest absolute Gasteiger partial charge is 0.385 e. The van der Waals surface area contributed by atoms with Gasteiger partial charge >= 0.3 is 0 Å². The molecule has 0 unspecified atom stereocenters. The Balaban J connectivity index is 2.63. The molecule has 1 heterocycles. The summed E-state index contributed by atoms with van der Waals surface area (Å²) in [7, 11) is 0. The van der Waals surface area contributed by atoms with Gasteiger partial charge < -0.3 is 5.32 Å². The molecule has 0 fully saturated rings. The van der Waals surface area contributed by atoms with Gasteiger partial charge in [0.15, 0.2) is 0 Å². The zero-order valence-electron chi connectivity index (χ0n) is 5.31. The Morgan fingerprint density at radius 2 is 2.38 bits per heavy atom. The summed E-state index contributed by atoms with van der Waals surface area (Å²) in [6.07, 6.45) is 6.25. The van der Waals surface area contributed by atoms with E-state index in [2.05, 4.69) is 31.3 Å². The quantitative estimate of drug-likeness (QED) is 0.496. The first-order chi connectivity index (χ1) is 3.79. The zero-order valence-corrected chi connectivity index (χ0v) is 5.31. The van der Waals surface area contributed by atoms with E-state index < -0.39 is 0 Å². The Hall–Kier alpha value is -0.720. The number of dihydropyridines is 1. The summed E-state index contributed by atoms with van der Waals surface area (Å²) in [5.41, 5.74) is 1.34. The molecule has 8 heavy (non-hydrogen) atoms. The van der Waals surface area contributed by atoms with Gasteiger partial charge in [0, 0.05) is 6.04 Å². The summed E-state index contributed by atoms with van der Waals surface area (Å²) in [5.74, 6) is 0. The van der Waals surface area contributed by atoms with Crippen LogP contribution in [-0.2, 0) is 0 Å². The van der Waals surface area contributed by atoms with Crippen LogP contribution in [0.3, 0.4) is 0 Å². The van der Waals surface area contributed by atoms with Crippen LogP contribution < -0.4 is 5.32 Å². The van der Waals surface area contributed by atoms with Crippen molar-refractivity contribution in [2.75, 3.05) is 0 Å². The van der Waals surface area contributed by atoms with Crippen molar-refractivity contribution in [3.8, 4) is 0 Å². The summed E-state index contributed by atoms with van der Waals surface area (Å²) in [6, 6.07) is 0.514. The number of allylic oxidation sites excluding steroid dienone is 2. The van der Waals surface area contributed by atoms with Crippen molar-refractivity contribution in [1.29, 1.82) is 0 Å². The van der Waals surface area contributed by atoms with Crippen molar-refractivity contribution in [1.82, 2.24) is 5.32 Å². The van der Waals surface area contributed by atoms with E-state index in [1.54, 1.807) is 0 Å². The van der Waals surface area contributed by atoms with E-state index in [4.69, 9.17) is 0 Å². The molecular weight excluding hydrogens is 98.1 g/mol. The zero-order chi connectivity index (χ0) is 5.98. The summed E-state index contributed by atoms with van der Waals surface area (Å²) in [5, 5.41) is 3.16. The SMILES string of the molecule is CC1=C[C@H](C)NC=C1. The van der Waals surface area contributed by atoms with Crippen molar-refractivity contribution in [3.63, 3.8) is 0 Å². The number of nitrogens with one attached hydrogen (secondary N) is 1. The van der Waals surface area contributed by atoms with Crippen LogP contribution in [0.25, 0.3) is 0 Å². The summed E-state index contributed by atoms with van der Waals surface area (Å²) < 4.78 is 0. The maximum absolute atomic E-state index is 3.16. The molecule has 0 bridgehead atoms. The lowest BCUT2D eigenvalue weighted by Gasteiger charge is -2.11. The molecular formula is C7H11N. The molecule has 1 atom stereocenters. The van der Waals surface area contributed by atoms with Crippen LogP contribution in [0.5, 0.6) is 0 Å². The second-order valence-corrected chi connectivity index (χ2v) is 2.20. The predicted molar refractivity (Wildman–Crippen MR) is 35.5 cm³/mol. The monoisotopic (exact) mass is 109 g/mol. The molecule has 44 valence electrons. The Morgan fingerprint density at radius 3 is 2.75 bits per heavy atom. The maximum Gasteiger partial charge on any atom is 0.0416 e. The van der Waals surface area contributed by atoms with E-state index >= 15 is 0 Å². The highest BCUT2D eigenvalue weighted by atomic mass is 14.9. The van der Waals surface area contributed by atoms with Gasteiger partial charge in [0.05, 0.1) is 0 Å². The van der Waals surface area contributed by atoms with Crippen molar-refractivity contribution in [2.24, 2.45) is 0 Å². The molecule has 1 nitrogen and oxygen atoms in total. The third-order valence-electron chi connectivity index (χ3n) is 1.22. The van der Waals surface area contributed by atoms with E-state index in [0.717, 1.165) is 0 Å². The highest BCUT2D eigenvalue weighted by Crippen LogP contribution is 2.01. The molecule has 0 aliphatic carbocycles. The third-order valence-corrected chi connectivity index (χ3v) is 1.22. The van der Waals surface area contributed by atoms with Gasteiger partial charge in [-0.15, -0.1) is 0 Å². The molecule has 0 aromatic heterocycles. The van der Waals surface area contributed by atoms with Gasteiger partial charge in [0.1, 0.15) is 0 Å². The molecule has 0 amide bonds. The van der Waals surface area contributed by atoms with Gasteiger partial charge in [-0.05, 0) is 26.1 Å². The van der Waals surface area contributed by atoms with Crippen LogP contribution in [0.2, 0.25) is 0 Å². The lowest BCUT2D eigenvalue weighted by molar-refractivity contribution is 0.753. The minimum Gasteiger partial charge on any atom is -0.385 e. The first kappa shape index (κ1) is 5.42. The van der Waals surface area contributed by atoms with Gasteiger partial charge in [0.25, 0.3) is 0 Å². The lowest BCUT2D eigenvalue weighted by atomic mass is 10.1. The van der Waals surface area contributed by atoms with Crippen LogP contribution in [0.1, 0.15) is 13.8 Å². The summed E-state index contributed by atoms with van der Waals surface area (Å²) >= 11 is 0. The Morgan fingerprint density at radius 1 is 1.62 bits per heavy atom. The third kappa shape index (κ3) is 1.12. The number of rotatable bonds is 0. The minimum atomic E-state index is 0.514. The fourth-order valence-corrected chi connectivity index (χ4v) is 0.829. The molecule has 1 N–H and O–H groups in total. The Labute approximate surface area is 50.1 Å². The number of hydrogen-bond donors (Lipinski definition) is 1. The molecule has 0 spiro atoms. The fraction of sp³-hybridized carbons (Fsp3) is 0.429. The van der Waals surface area contributed by atoms with E-state index in [-0.39, 0.29) is 0 Å². The Kier molecular flexibility index (Phi) is 1.38. The van der Waals surface area contributed by atoms with Crippen LogP contribution in [-0.4, -0.2) is 6.04 Å². The van der Waals surface area contributed by atoms with Gasteiger partial charge in [-0.25, -0.2) is 0 Å². The van der Waals surface area contributed by atoms with E-state index in [1.807, 2.05) is 6.20 Å². The van der Waals surface area contributed by atoms with Crippen LogP contribution in [0, 0.1) is 0 Å². The second-order valence-electron chi connectivity index (χ2n) is 2.20. The van der Waals surface area contributed by atoms with Crippen LogP contribution >= 0.6 is 0 Å². The minimum absolute atomic E-state index is 0.514. The highest BCUT2D eigenvalue weighted by Gasteiger charge is 1.96. The van der Waals surface area contributed by atoms with Crippen molar-refractivity contribution >= 4 is 0 Å². The molecule has 0 aromatic carbocycles. The van der Waals surface area contributed by atoms with Crippen LogP contribution in [0.15, 0.2) is 23.9 Å². The first-order valence-corrected chi connectivity index (χ1v) is 2.90. The van der Waals surface area contributed by atoms with E-state index in [1.165, 1.54) is 5.57 Å². The molecule has 0 radical (unpaired) electrons.